The van der Waals surface area contributed by atoms with Gasteiger partial charge in [-0.05, 0) is 55.8 Å². The Labute approximate surface area is 201 Å². The van der Waals surface area contributed by atoms with Crippen LogP contribution in [-0.4, -0.2) is 24.7 Å². The summed E-state index contributed by atoms with van der Waals surface area (Å²) in [6.07, 6.45) is 2.56. The highest BCUT2D eigenvalue weighted by molar-refractivity contribution is 9.10. The summed E-state index contributed by atoms with van der Waals surface area (Å²) < 4.78 is 31.5. The van der Waals surface area contributed by atoms with Crippen LogP contribution in [0.4, 0.5) is 4.39 Å². The molecule has 0 aliphatic carbocycles. The van der Waals surface area contributed by atoms with Crippen molar-refractivity contribution in [2.75, 3.05) is 19.8 Å². The number of rotatable bonds is 12. The highest BCUT2D eigenvalue weighted by Gasteiger charge is 2.12. The molecule has 3 aromatic rings. The maximum absolute atomic E-state index is 13.3. The summed E-state index contributed by atoms with van der Waals surface area (Å²) in [5.41, 5.74) is 1.75. The number of aromatic nitrogens is 1. The first-order valence-electron chi connectivity index (χ1n) is 10.3. The molecule has 170 valence electrons. The van der Waals surface area contributed by atoms with Crippen LogP contribution in [0.15, 0.2) is 59.2 Å². The molecule has 0 aliphatic rings. The van der Waals surface area contributed by atoms with Gasteiger partial charge in [-0.2, -0.15) is 0 Å². The van der Waals surface area contributed by atoms with Crippen molar-refractivity contribution in [2.45, 2.75) is 26.5 Å². The summed E-state index contributed by atoms with van der Waals surface area (Å²) >= 11 is 9.71. The Kier molecular flexibility index (Phi) is 9.59. The van der Waals surface area contributed by atoms with Gasteiger partial charge >= 0.3 is 0 Å². The van der Waals surface area contributed by atoms with Crippen molar-refractivity contribution < 1.29 is 18.6 Å². The van der Waals surface area contributed by atoms with E-state index in [1.165, 1.54) is 12.1 Å². The molecule has 0 unspecified atom stereocenters. The van der Waals surface area contributed by atoms with Crippen LogP contribution in [-0.2, 0) is 13.2 Å². The number of hydrogen-bond donors (Lipinski definition) is 1. The van der Waals surface area contributed by atoms with Gasteiger partial charge in [0.15, 0.2) is 11.5 Å². The zero-order valence-corrected chi connectivity index (χ0v) is 20.1. The number of pyridine rings is 1. The van der Waals surface area contributed by atoms with Crippen LogP contribution >= 0.6 is 27.5 Å². The molecule has 0 radical (unpaired) electrons. The molecule has 8 heteroatoms. The summed E-state index contributed by atoms with van der Waals surface area (Å²) in [7, 11) is 0. The quantitative estimate of drug-likeness (QED) is 0.288. The third-order valence-electron chi connectivity index (χ3n) is 4.51. The fourth-order valence-electron chi connectivity index (χ4n) is 2.92. The molecule has 0 saturated heterocycles. The zero-order chi connectivity index (χ0) is 22.8. The molecule has 32 heavy (non-hydrogen) atoms. The van der Waals surface area contributed by atoms with Crippen molar-refractivity contribution in [1.29, 1.82) is 0 Å². The molecule has 0 aliphatic heterocycles. The average Bonchev–Trinajstić information content (AvgIpc) is 2.78. The van der Waals surface area contributed by atoms with Crippen LogP contribution in [0.3, 0.4) is 0 Å². The van der Waals surface area contributed by atoms with E-state index < -0.39 is 0 Å². The fraction of sp³-hybridized carbons (Fsp3) is 0.292. The van der Waals surface area contributed by atoms with Gasteiger partial charge < -0.3 is 19.5 Å². The largest absolute Gasteiger partial charge is 0.490 e. The van der Waals surface area contributed by atoms with Crippen LogP contribution in [0.1, 0.15) is 24.5 Å². The lowest BCUT2D eigenvalue weighted by atomic mass is 10.2. The van der Waals surface area contributed by atoms with Gasteiger partial charge in [0.2, 0.25) is 5.88 Å². The first-order valence-corrected chi connectivity index (χ1v) is 11.5. The molecule has 1 heterocycles. The molecule has 0 fully saturated rings. The number of benzene rings is 2. The third kappa shape index (κ3) is 7.36. The first-order chi connectivity index (χ1) is 15.6. The van der Waals surface area contributed by atoms with Crippen LogP contribution in [0.25, 0.3) is 0 Å². The Morgan fingerprint density at radius 2 is 1.88 bits per heavy atom. The highest BCUT2D eigenvalue weighted by Crippen LogP contribution is 2.35. The lowest BCUT2D eigenvalue weighted by Gasteiger charge is -2.16. The zero-order valence-electron chi connectivity index (χ0n) is 17.7. The van der Waals surface area contributed by atoms with Crippen LogP contribution in [0.5, 0.6) is 17.4 Å². The van der Waals surface area contributed by atoms with E-state index in [1.807, 2.05) is 37.3 Å². The fourth-order valence-corrected chi connectivity index (χ4v) is 3.60. The first kappa shape index (κ1) is 24.3. The molecule has 5 nitrogen and oxygen atoms in total. The van der Waals surface area contributed by atoms with E-state index >= 15 is 0 Å². The molecule has 0 atom stereocenters. The topological polar surface area (TPSA) is 52.6 Å². The summed E-state index contributed by atoms with van der Waals surface area (Å²) in [5.74, 6) is 1.49. The Morgan fingerprint density at radius 1 is 1.03 bits per heavy atom. The molecule has 0 amide bonds. The maximum atomic E-state index is 13.3. The third-order valence-corrected chi connectivity index (χ3v) is 5.60. The van der Waals surface area contributed by atoms with E-state index in [-0.39, 0.29) is 12.4 Å². The van der Waals surface area contributed by atoms with Crippen molar-refractivity contribution in [3.05, 3.63) is 81.2 Å². The van der Waals surface area contributed by atoms with Gasteiger partial charge in [0, 0.05) is 28.8 Å². The van der Waals surface area contributed by atoms with Gasteiger partial charge in [-0.15, -0.1) is 0 Å². The van der Waals surface area contributed by atoms with Gasteiger partial charge in [-0.25, -0.2) is 9.37 Å². The number of nitrogens with one attached hydrogen (secondary N) is 1. The van der Waals surface area contributed by atoms with Crippen LogP contribution in [0, 0.1) is 5.82 Å². The van der Waals surface area contributed by atoms with Gasteiger partial charge in [0.25, 0.3) is 0 Å². The van der Waals surface area contributed by atoms with Gasteiger partial charge in [0.05, 0.1) is 18.2 Å². The molecule has 2 aromatic carbocycles. The molecule has 1 aromatic heterocycles. The van der Waals surface area contributed by atoms with Gasteiger partial charge in [-0.3, -0.25) is 0 Å². The van der Waals surface area contributed by atoms with E-state index in [4.69, 9.17) is 25.8 Å². The number of hydrogen-bond acceptors (Lipinski definition) is 5. The number of halogens is 3. The van der Waals surface area contributed by atoms with E-state index in [0.29, 0.717) is 47.7 Å². The Balaban J connectivity index is 1.53. The number of nitrogens with zero attached hydrogens (tertiary/aromatic N) is 1. The van der Waals surface area contributed by atoms with E-state index in [2.05, 4.69) is 26.2 Å². The van der Waals surface area contributed by atoms with Gasteiger partial charge in [-0.1, -0.05) is 39.7 Å². The predicted octanol–water partition coefficient (Wildman–Crippen LogP) is 6.17. The van der Waals surface area contributed by atoms with Crippen molar-refractivity contribution in [2.24, 2.45) is 0 Å². The predicted molar refractivity (Wildman–Crippen MR) is 127 cm³/mol. The maximum Gasteiger partial charge on any atom is 0.213 e. The van der Waals surface area contributed by atoms with Crippen LogP contribution in [0.2, 0.25) is 5.02 Å². The summed E-state index contributed by atoms with van der Waals surface area (Å²) in [4.78, 5) is 4.14. The molecule has 0 bridgehead atoms. The van der Waals surface area contributed by atoms with Crippen molar-refractivity contribution in [3.8, 4) is 17.4 Å². The minimum atomic E-state index is -0.378. The summed E-state index contributed by atoms with van der Waals surface area (Å²) in [5, 5.41) is 3.74. The SMILES string of the molecule is CCOc1cc(CNCCCOc2ccccn2)c(Br)cc1OCc1ccc(F)cc1Cl. The molecular weight excluding hydrogens is 499 g/mol. The minimum absolute atomic E-state index is 0.208. The molecule has 0 saturated carbocycles. The normalized spacial score (nSPS) is 10.8. The monoisotopic (exact) mass is 522 g/mol. The van der Waals surface area contributed by atoms with Gasteiger partial charge in [0.1, 0.15) is 12.4 Å². The average molecular weight is 524 g/mol. The lowest BCUT2D eigenvalue weighted by molar-refractivity contribution is 0.268. The Morgan fingerprint density at radius 3 is 2.62 bits per heavy atom. The molecule has 0 spiro atoms. The molecular formula is C24H25BrClFN2O3. The minimum Gasteiger partial charge on any atom is -0.490 e. The summed E-state index contributed by atoms with van der Waals surface area (Å²) in [6, 6.07) is 13.7. The highest BCUT2D eigenvalue weighted by atomic mass is 79.9. The van der Waals surface area contributed by atoms with Crippen molar-refractivity contribution >= 4 is 27.5 Å². The van der Waals surface area contributed by atoms with E-state index in [0.717, 1.165) is 23.0 Å². The molecule has 1 N–H and O–H groups in total. The van der Waals surface area contributed by atoms with E-state index in [1.54, 1.807) is 12.3 Å². The molecule has 3 rings (SSSR count). The van der Waals surface area contributed by atoms with E-state index in [9.17, 15) is 4.39 Å². The summed E-state index contributed by atoms with van der Waals surface area (Å²) in [6.45, 7) is 4.68. The second kappa shape index (κ2) is 12.6. The smallest absolute Gasteiger partial charge is 0.213 e. The lowest BCUT2D eigenvalue weighted by Crippen LogP contribution is -2.17. The number of ether oxygens (including phenoxy) is 3. The van der Waals surface area contributed by atoms with Crippen LogP contribution < -0.4 is 19.5 Å². The van der Waals surface area contributed by atoms with Crippen molar-refractivity contribution in [3.63, 3.8) is 0 Å². The Bertz CT molecular complexity index is 1010. The Hall–Kier alpha value is -2.35. The standard InChI is InChI=1S/C24H25BrClFN2O3/c1-2-30-22-12-18(15-28-9-5-11-31-24-6-3-4-10-29-24)20(25)14-23(22)32-16-17-7-8-19(27)13-21(17)26/h3-4,6-8,10,12-14,28H,2,5,9,11,15-16H2,1H3. The second-order valence-electron chi connectivity index (χ2n) is 6.89. The second-order valence-corrected chi connectivity index (χ2v) is 8.16. The van der Waals surface area contributed by atoms with Crippen molar-refractivity contribution in [1.82, 2.24) is 10.3 Å².